The molecule has 0 radical (unpaired) electrons. The lowest BCUT2D eigenvalue weighted by atomic mass is 10.2. The van der Waals surface area contributed by atoms with Crippen molar-refractivity contribution in [2.45, 2.75) is 58.2 Å². The van der Waals surface area contributed by atoms with Crippen LogP contribution in [0.3, 0.4) is 0 Å². The van der Waals surface area contributed by atoms with Crippen LogP contribution in [0, 0.1) is 5.92 Å². The molecule has 2 aromatic heterocycles. The zero-order chi connectivity index (χ0) is 21.6. The van der Waals surface area contributed by atoms with Crippen LogP contribution in [0.15, 0.2) is 17.1 Å². The lowest BCUT2D eigenvalue weighted by Gasteiger charge is -2.17. The fourth-order valence-corrected chi connectivity index (χ4v) is 3.47. The molecule has 9 heteroatoms. The van der Waals surface area contributed by atoms with E-state index >= 15 is 0 Å². The summed E-state index contributed by atoms with van der Waals surface area (Å²) in [7, 11) is 1.77. The second kappa shape index (κ2) is 7.62. The van der Waals surface area contributed by atoms with Gasteiger partial charge in [0.15, 0.2) is 5.56 Å². The molecule has 2 aliphatic carbocycles. The molecule has 2 fully saturated rings. The number of nitrogens with one attached hydrogen (secondary N) is 1. The minimum absolute atomic E-state index is 0.0520. The van der Waals surface area contributed by atoms with Gasteiger partial charge < -0.3 is 15.3 Å². The number of aromatic hydroxyl groups is 1. The third-order valence-corrected chi connectivity index (χ3v) is 5.45. The molecule has 2 saturated carbocycles. The summed E-state index contributed by atoms with van der Waals surface area (Å²) in [4.78, 5) is 39.6. The summed E-state index contributed by atoms with van der Waals surface area (Å²) < 4.78 is 2.65. The number of aromatic nitrogens is 3. The van der Waals surface area contributed by atoms with Crippen molar-refractivity contribution < 1.29 is 14.7 Å². The third kappa shape index (κ3) is 3.83. The Kier molecular flexibility index (Phi) is 5.13. The summed E-state index contributed by atoms with van der Waals surface area (Å²) >= 11 is 0. The van der Waals surface area contributed by atoms with Crippen LogP contribution in [-0.2, 0) is 11.3 Å². The molecule has 0 bridgehead atoms. The minimum Gasteiger partial charge on any atom is -0.494 e. The van der Waals surface area contributed by atoms with E-state index in [2.05, 4.69) is 10.4 Å². The van der Waals surface area contributed by atoms with E-state index in [1.165, 1.54) is 16.8 Å². The lowest BCUT2D eigenvalue weighted by Crippen LogP contribution is -2.34. The highest BCUT2D eigenvalue weighted by molar-refractivity contribution is 5.97. The first-order valence-corrected chi connectivity index (χ1v) is 10.4. The summed E-state index contributed by atoms with van der Waals surface area (Å²) in [6.45, 7) is 4.32. The maximum Gasteiger partial charge on any atom is 0.291 e. The Morgan fingerprint density at radius 3 is 2.63 bits per heavy atom. The second-order valence-electron chi connectivity index (χ2n) is 8.60. The Hall–Kier alpha value is -3.10. The maximum absolute atomic E-state index is 13.0. The average molecular weight is 413 g/mol. The number of amides is 2. The van der Waals surface area contributed by atoms with E-state index in [1.807, 2.05) is 13.8 Å². The van der Waals surface area contributed by atoms with E-state index in [1.54, 1.807) is 18.0 Å². The normalized spacial score (nSPS) is 16.5. The molecule has 4 rings (SSSR count). The van der Waals surface area contributed by atoms with Crippen molar-refractivity contribution >= 4 is 23.5 Å². The Labute approximate surface area is 174 Å². The maximum atomic E-state index is 13.0. The molecule has 9 nitrogen and oxygen atoms in total. The Balaban J connectivity index is 1.78. The van der Waals surface area contributed by atoms with Gasteiger partial charge in [-0.05, 0) is 37.7 Å². The number of hydrogen-bond donors (Lipinski definition) is 2. The molecule has 0 spiro atoms. The van der Waals surface area contributed by atoms with Crippen LogP contribution in [0.5, 0.6) is 5.88 Å². The number of hydrogen-bond acceptors (Lipinski definition) is 5. The fourth-order valence-electron chi connectivity index (χ4n) is 3.47. The molecule has 160 valence electrons. The zero-order valence-electron chi connectivity index (χ0n) is 17.5. The van der Waals surface area contributed by atoms with Crippen LogP contribution in [0.1, 0.15) is 55.5 Å². The van der Waals surface area contributed by atoms with Crippen LogP contribution >= 0.6 is 0 Å². The number of likely N-dealkylation sites (N-methyl/N-ethyl adjacent to an activating group) is 1. The van der Waals surface area contributed by atoms with Crippen molar-refractivity contribution in [3.05, 3.63) is 33.8 Å². The van der Waals surface area contributed by atoms with Crippen LogP contribution in [0.4, 0.5) is 0 Å². The number of nitrogens with zero attached hydrogens (tertiary/aromatic N) is 4. The van der Waals surface area contributed by atoms with Crippen molar-refractivity contribution in [2.24, 2.45) is 5.92 Å². The highest BCUT2D eigenvalue weighted by Gasteiger charge is 2.30. The molecular weight excluding hydrogens is 386 g/mol. The standard InChI is InChI=1S/C21H27N5O4/c1-12(2)11-25-19-13(4-9-16(27)24(3)15-7-8-15)10-22-26(19)21(30)17(20(25)29)18(28)23-14-5-6-14/h4,9-10,12,14-15,29H,5-8,11H2,1-3H3,(H,23,28). The van der Waals surface area contributed by atoms with Crippen LogP contribution < -0.4 is 10.9 Å². The van der Waals surface area contributed by atoms with Gasteiger partial charge in [-0.2, -0.15) is 9.61 Å². The van der Waals surface area contributed by atoms with Gasteiger partial charge in [-0.25, -0.2) is 0 Å². The largest absolute Gasteiger partial charge is 0.494 e. The molecule has 0 atom stereocenters. The topological polar surface area (TPSA) is 109 Å². The Morgan fingerprint density at radius 2 is 2.03 bits per heavy atom. The smallest absolute Gasteiger partial charge is 0.291 e. The van der Waals surface area contributed by atoms with Gasteiger partial charge in [0.1, 0.15) is 5.65 Å². The summed E-state index contributed by atoms with van der Waals surface area (Å²) in [5, 5.41) is 17.8. The van der Waals surface area contributed by atoms with Crippen molar-refractivity contribution in [1.82, 2.24) is 24.4 Å². The second-order valence-corrected chi connectivity index (χ2v) is 8.60. The quantitative estimate of drug-likeness (QED) is 0.667. The SMILES string of the molecule is CC(C)Cn1c(O)c(C(=O)NC2CC2)c(=O)n2ncc(C=CC(=O)N(C)C3CC3)c12. The molecule has 0 saturated heterocycles. The molecule has 0 aliphatic heterocycles. The first kappa shape index (κ1) is 20.2. The zero-order valence-corrected chi connectivity index (χ0v) is 17.5. The summed E-state index contributed by atoms with van der Waals surface area (Å²) in [6.07, 6.45) is 8.29. The van der Waals surface area contributed by atoms with E-state index in [4.69, 9.17) is 0 Å². The molecule has 0 unspecified atom stereocenters. The monoisotopic (exact) mass is 413 g/mol. The molecule has 30 heavy (non-hydrogen) atoms. The third-order valence-electron chi connectivity index (χ3n) is 5.45. The van der Waals surface area contributed by atoms with Gasteiger partial charge in [0.05, 0.1) is 6.20 Å². The Bertz CT molecular complexity index is 1090. The highest BCUT2D eigenvalue weighted by atomic mass is 16.3. The number of rotatable bonds is 7. The van der Waals surface area contributed by atoms with Crippen LogP contribution in [-0.4, -0.2) is 55.1 Å². The highest BCUT2D eigenvalue weighted by Crippen LogP contribution is 2.26. The van der Waals surface area contributed by atoms with Gasteiger partial charge >= 0.3 is 0 Å². The number of fused-ring (bicyclic) bond motifs is 1. The molecule has 2 N–H and O–H groups in total. The van der Waals surface area contributed by atoms with Gasteiger partial charge in [0, 0.05) is 37.3 Å². The van der Waals surface area contributed by atoms with E-state index in [9.17, 15) is 19.5 Å². The molecule has 2 aromatic rings. The average Bonchev–Trinajstić information content (AvgIpc) is 3.61. The van der Waals surface area contributed by atoms with Gasteiger partial charge in [-0.1, -0.05) is 13.8 Å². The van der Waals surface area contributed by atoms with Crippen molar-refractivity contribution in [3.63, 3.8) is 0 Å². The van der Waals surface area contributed by atoms with Crippen LogP contribution in [0.25, 0.3) is 11.7 Å². The van der Waals surface area contributed by atoms with E-state index in [0.717, 1.165) is 30.2 Å². The first-order chi connectivity index (χ1) is 14.3. The van der Waals surface area contributed by atoms with E-state index < -0.39 is 11.5 Å². The number of carbonyl (C=O) groups excluding carboxylic acids is 2. The first-order valence-electron chi connectivity index (χ1n) is 10.4. The van der Waals surface area contributed by atoms with Crippen molar-refractivity contribution in [2.75, 3.05) is 7.05 Å². The van der Waals surface area contributed by atoms with Gasteiger partial charge in [0.2, 0.25) is 11.8 Å². The Morgan fingerprint density at radius 1 is 1.33 bits per heavy atom. The van der Waals surface area contributed by atoms with Gasteiger partial charge in [-0.15, -0.1) is 0 Å². The minimum atomic E-state index is -0.679. The molecule has 0 aromatic carbocycles. The predicted molar refractivity (Wildman–Crippen MR) is 111 cm³/mol. The molecule has 2 aliphatic rings. The molecule has 2 heterocycles. The molecule has 2 amide bonds. The van der Waals surface area contributed by atoms with Crippen molar-refractivity contribution in [3.8, 4) is 5.88 Å². The van der Waals surface area contributed by atoms with E-state index in [-0.39, 0.29) is 29.3 Å². The summed E-state index contributed by atoms with van der Waals surface area (Å²) in [5.41, 5.74) is -0.109. The summed E-state index contributed by atoms with van der Waals surface area (Å²) in [6, 6.07) is 0.345. The van der Waals surface area contributed by atoms with Gasteiger partial charge in [-0.3, -0.25) is 19.0 Å². The number of carbonyl (C=O) groups is 2. The molecular formula is C21H27N5O4. The van der Waals surface area contributed by atoms with Crippen LogP contribution in [0.2, 0.25) is 0 Å². The van der Waals surface area contributed by atoms with Crippen molar-refractivity contribution in [1.29, 1.82) is 0 Å². The lowest BCUT2D eigenvalue weighted by molar-refractivity contribution is -0.125. The predicted octanol–water partition coefficient (Wildman–Crippen LogP) is 1.38. The summed E-state index contributed by atoms with van der Waals surface area (Å²) in [5.74, 6) is -0.959. The van der Waals surface area contributed by atoms with Gasteiger partial charge in [0.25, 0.3) is 11.5 Å². The fraction of sp³-hybridized carbons (Fsp3) is 0.524. The van der Waals surface area contributed by atoms with E-state index in [0.29, 0.717) is 23.8 Å².